The summed E-state index contributed by atoms with van der Waals surface area (Å²) in [5.74, 6) is -1.08. The van der Waals surface area contributed by atoms with Crippen LogP contribution in [0.3, 0.4) is 0 Å². The van der Waals surface area contributed by atoms with E-state index in [9.17, 15) is 13.9 Å². The van der Waals surface area contributed by atoms with Gasteiger partial charge >= 0.3 is 6.01 Å². The van der Waals surface area contributed by atoms with E-state index in [1.165, 1.54) is 41.8 Å². The second-order valence-electron chi connectivity index (χ2n) is 8.48. The Bertz CT molecular complexity index is 1280. The highest BCUT2D eigenvalue weighted by Crippen LogP contribution is 2.35. The van der Waals surface area contributed by atoms with Crippen LogP contribution in [0.1, 0.15) is 53.2 Å². The molecular weight excluding hydrogens is 490 g/mol. The van der Waals surface area contributed by atoms with E-state index in [0.717, 1.165) is 17.8 Å². The van der Waals surface area contributed by atoms with E-state index < -0.39 is 24.0 Å². The van der Waals surface area contributed by atoms with Crippen LogP contribution in [-0.4, -0.2) is 56.6 Å². The van der Waals surface area contributed by atoms with Crippen molar-refractivity contribution in [3.8, 4) is 12.1 Å². The summed E-state index contributed by atoms with van der Waals surface area (Å²) in [5.41, 5.74) is 1.30. The first-order valence-corrected chi connectivity index (χ1v) is 12.3. The summed E-state index contributed by atoms with van der Waals surface area (Å²) in [4.78, 5) is 19.9. The molecule has 0 spiro atoms. The topological polar surface area (TPSA) is 117 Å². The fourth-order valence-corrected chi connectivity index (χ4v) is 5.28. The molecule has 186 valence electrons. The second-order valence-corrected chi connectivity index (χ2v) is 9.37. The number of hydrogen-bond donors (Lipinski definition) is 1. The summed E-state index contributed by atoms with van der Waals surface area (Å²) in [6.45, 7) is 1.30. The molecule has 12 heteroatoms. The Morgan fingerprint density at radius 3 is 2.75 bits per heavy atom. The molecule has 4 heterocycles. The minimum absolute atomic E-state index is 0.00938. The van der Waals surface area contributed by atoms with Gasteiger partial charge in [0.1, 0.15) is 41.9 Å². The van der Waals surface area contributed by atoms with Gasteiger partial charge in [0, 0.05) is 37.0 Å². The van der Waals surface area contributed by atoms with Crippen molar-refractivity contribution < 1.29 is 23.5 Å². The molecule has 1 fully saturated rings. The van der Waals surface area contributed by atoms with Gasteiger partial charge < -0.3 is 14.7 Å². The number of aromatic nitrogens is 3. The van der Waals surface area contributed by atoms with Gasteiger partial charge in [0.25, 0.3) is 0 Å². The van der Waals surface area contributed by atoms with Crippen LogP contribution in [0.5, 0.6) is 6.01 Å². The molecule has 0 saturated carbocycles. The molecule has 1 saturated heterocycles. The predicted molar refractivity (Wildman–Crippen MR) is 125 cm³/mol. The molecule has 0 aliphatic carbocycles. The maximum atomic E-state index is 14.1. The molecule has 2 aromatic heterocycles. The Morgan fingerprint density at radius 2 is 2.00 bits per heavy atom. The summed E-state index contributed by atoms with van der Waals surface area (Å²) < 4.78 is 33.6. The smallest absolute Gasteiger partial charge is 0.317 e. The summed E-state index contributed by atoms with van der Waals surface area (Å²) in [5, 5.41) is 26.3. The summed E-state index contributed by atoms with van der Waals surface area (Å²) in [7, 11) is 0. The van der Waals surface area contributed by atoms with Gasteiger partial charge in [-0.25, -0.2) is 18.7 Å². The van der Waals surface area contributed by atoms with Crippen molar-refractivity contribution >= 4 is 17.0 Å². The number of thiazole rings is 1. The highest BCUT2D eigenvalue weighted by molar-refractivity contribution is 7.10. The second kappa shape index (κ2) is 10.6. The number of oxime groups is 1. The van der Waals surface area contributed by atoms with E-state index in [1.807, 2.05) is 16.3 Å². The fourth-order valence-electron chi connectivity index (χ4n) is 4.28. The lowest BCUT2D eigenvalue weighted by molar-refractivity contribution is -0.0408. The third kappa shape index (κ3) is 5.18. The number of nitrogens with zero attached hydrogens (tertiary/aromatic N) is 6. The van der Waals surface area contributed by atoms with Crippen molar-refractivity contribution in [2.75, 3.05) is 19.7 Å². The third-order valence-electron chi connectivity index (χ3n) is 6.22. The van der Waals surface area contributed by atoms with E-state index in [-0.39, 0.29) is 36.2 Å². The molecule has 9 nitrogen and oxygen atoms in total. The van der Waals surface area contributed by atoms with Gasteiger partial charge in [-0.05, 0) is 31.0 Å². The summed E-state index contributed by atoms with van der Waals surface area (Å²) >= 11 is 1.52. The quantitative estimate of drug-likeness (QED) is 0.511. The predicted octanol–water partition coefficient (Wildman–Crippen LogP) is 3.53. The van der Waals surface area contributed by atoms with Crippen molar-refractivity contribution in [1.82, 2.24) is 19.9 Å². The van der Waals surface area contributed by atoms with Gasteiger partial charge in [0.2, 0.25) is 0 Å². The summed E-state index contributed by atoms with van der Waals surface area (Å²) in [6.07, 6.45) is 1.64. The highest BCUT2D eigenvalue weighted by atomic mass is 32.1. The molecule has 3 aromatic rings. The van der Waals surface area contributed by atoms with Crippen LogP contribution < -0.4 is 4.74 Å². The van der Waals surface area contributed by atoms with Crippen LogP contribution >= 0.6 is 11.3 Å². The van der Waals surface area contributed by atoms with Crippen molar-refractivity contribution in [1.29, 1.82) is 5.26 Å². The van der Waals surface area contributed by atoms with Crippen LogP contribution in [0.15, 0.2) is 41.0 Å². The molecule has 1 aromatic carbocycles. The number of nitriles is 1. The highest BCUT2D eigenvalue weighted by Gasteiger charge is 2.31. The Kier molecular flexibility index (Phi) is 7.13. The lowest BCUT2D eigenvalue weighted by atomic mass is 9.97. The van der Waals surface area contributed by atoms with E-state index in [1.54, 1.807) is 0 Å². The molecule has 1 N–H and O–H groups in total. The van der Waals surface area contributed by atoms with Crippen LogP contribution in [0, 0.1) is 23.0 Å². The Hall–Kier alpha value is -3.53. The molecule has 0 bridgehead atoms. The molecular formula is C24H22F2N6O3S. The monoisotopic (exact) mass is 512 g/mol. The van der Waals surface area contributed by atoms with E-state index in [4.69, 9.17) is 19.8 Å². The normalized spacial score (nSPS) is 19.4. The number of rotatable bonds is 7. The molecule has 2 aliphatic rings. The van der Waals surface area contributed by atoms with Crippen LogP contribution in [0.2, 0.25) is 0 Å². The molecule has 0 amide bonds. The Balaban J connectivity index is 1.13. The van der Waals surface area contributed by atoms with Gasteiger partial charge in [0.05, 0.1) is 16.3 Å². The first kappa shape index (κ1) is 24.2. The largest absolute Gasteiger partial charge is 0.459 e. The van der Waals surface area contributed by atoms with Gasteiger partial charge in [0.15, 0.2) is 6.10 Å². The van der Waals surface area contributed by atoms with Gasteiger partial charge in [-0.2, -0.15) is 10.2 Å². The van der Waals surface area contributed by atoms with Crippen molar-refractivity contribution in [2.24, 2.45) is 5.16 Å². The third-order valence-corrected chi connectivity index (χ3v) is 7.23. The van der Waals surface area contributed by atoms with Crippen molar-refractivity contribution in [3.63, 3.8) is 0 Å². The van der Waals surface area contributed by atoms with Gasteiger partial charge in [-0.3, -0.25) is 4.90 Å². The number of piperidine rings is 1. The molecule has 2 aliphatic heterocycles. The summed E-state index contributed by atoms with van der Waals surface area (Å²) in [6, 6.07) is 7.18. The average Bonchev–Trinajstić information content (AvgIpc) is 3.58. The Labute approximate surface area is 209 Å². The number of halogens is 2. The van der Waals surface area contributed by atoms with E-state index in [0.29, 0.717) is 24.5 Å². The number of hydrogen-bond acceptors (Lipinski definition) is 10. The van der Waals surface area contributed by atoms with E-state index in [2.05, 4.69) is 15.1 Å². The molecule has 36 heavy (non-hydrogen) atoms. The molecule has 2 unspecified atom stereocenters. The van der Waals surface area contributed by atoms with Crippen molar-refractivity contribution in [3.05, 3.63) is 69.4 Å². The number of benzene rings is 1. The van der Waals surface area contributed by atoms with E-state index >= 15 is 0 Å². The maximum Gasteiger partial charge on any atom is 0.317 e. The first-order chi connectivity index (χ1) is 17.5. The zero-order valence-corrected chi connectivity index (χ0v) is 19.9. The zero-order valence-electron chi connectivity index (χ0n) is 19.0. The minimum atomic E-state index is -0.826. The number of ether oxygens (including phenoxy) is 1. The lowest BCUT2D eigenvalue weighted by Gasteiger charge is -2.34. The fraction of sp³-hybridized carbons (Fsp3) is 0.375. The van der Waals surface area contributed by atoms with Crippen LogP contribution in [0.25, 0.3) is 0 Å². The van der Waals surface area contributed by atoms with Crippen molar-refractivity contribution in [2.45, 2.75) is 37.5 Å². The maximum absolute atomic E-state index is 14.1. The standard InChI is InChI=1S/C24H22F2N6O3S/c25-16-2-1-3-17(26)22(16)20-10-18(31-35-20)19-13-36-23(30-19)14-5-8-32(9-6-14)21(33)12-34-24-28-7-4-15(11-27)29-24/h1-4,7,13-14,20-21,33H,5-6,8-10,12H2. The van der Waals surface area contributed by atoms with Gasteiger partial charge in [-0.1, -0.05) is 11.2 Å². The van der Waals surface area contributed by atoms with Crippen LogP contribution in [0.4, 0.5) is 8.78 Å². The van der Waals surface area contributed by atoms with Gasteiger partial charge in [-0.15, -0.1) is 11.3 Å². The SMILES string of the molecule is N#Cc1ccnc(OCC(O)N2CCC(c3nc(C4=NOC(c5c(F)cccc5F)C4)cs3)CC2)n1. The average molecular weight is 513 g/mol. The minimum Gasteiger partial charge on any atom is -0.459 e. The molecule has 2 atom stereocenters. The zero-order chi connectivity index (χ0) is 25.1. The number of aliphatic hydroxyl groups is 1. The lowest BCUT2D eigenvalue weighted by Crippen LogP contribution is -2.44. The van der Waals surface area contributed by atoms with Crippen LogP contribution in [-0.2, 0) is 4.84 Å². The number of aliphatic hydroxyl groups excluding tert-OH is 1. The Morgan fingerprint density at radius 1 is 1.22 bits per heavy atom. The first-order valence-electron chi connectivity index (χ1n) is 11.4. The molecule has 0 radical (unpaired) electrons. The molecule has 5 rings (SSSR count). The number of likely N-dealkylation sites (tertiary alicyclic amines) is 1.